The summed E-state index contributed by atoms with van der Waals surface area (Å²) in [5.41, 5.74) is 3.94. The largest absolute Gasteiger partial charge is 0.454 e. The van der Waals surface area contributed by atoms with Crippen molar-refractivity contribution in [2.75, 3.05) is 13.4 Å². The lowest BCUT2D eigenvalue weighted by atomic mass is 9.98. The number of fused-ring (bicyclic) bond motifs is 1. The summed E-state index contributed by atoms with van der Waals surface area (Å²) in [6.07, 6.45) is 0. The smallest absolute Gasteiger partial charge is 0.338 e. The molecule has 0 amide bonds. The lowest BCUT2D eigenvalue weighted by molar-refractivity contribution is 0.0474. The fraction of sp³-hybridized carbons (Fsp3) is 0.263. The minimum absolute atomic E-state index is 0.137. The van der Waals surface area contributed by atoms with Gasteiger partial charge < -0.3 is 14.2 Å². The summed E-state index contributed by atoms with van der Waals surface area (Å²) in [7, 11) is 0. The van der Waals surface area contributed by atoms with Gasteiger partial charge in [-0.1, -0.05) is 6.07 Å². The highest BCUT2D eigenvalue weighted by Gasteiger charge is 2.18. The van der Waals surface area contributed by atoms with Crippen LogP contribution in [-0.2, 0) is 4.74 Å². The van der Waals surface area contributed by atoms with Crippen LogP contribution in [-0.4, -0.2) is 25.2 Å². The fourth-order valence-electron chi connectivity index (χ4n) is 2.58. The molecule has 5 heteroatoms. The van der Waals surface area contributed by atoms with Crippen LogP contribution in [0.2, 0.25) is 0 Å². The zero-order valence-corrected chi connectivity index (χ0v) is 13.8. The minimum atomic E-state index is -0.567. The lowest BCUT2D eigenvalue weighted by Gasteiger charge is -2.10. The van der Waals surface area contributed by atoms with Crippen LogP contribution >= 0.6 is 0 Å². The number of benzene rings is 2. The number of hydrogen-bond donors (Lipinski definition) is 0. The highest BCUT2D eigenvalue weighted by atomic mass is 16.7. The van der Waals surface area contributed by atoms with Crippen molar-refractivity contribution in [1.29, 1.82) is 0 Å². The van der Waals surface area contributed by atoms with Gasteiger partial charge in [0.25, 0.3) is 0 Å². The normalized spacial score (nSPS) is 12.1. The molecule has 124 valence electrons. The minimum Gasteiger partial charge on any atom is -0.454 e. The van der Waals surface area contributed by atoms with E-state index in [0.29, 0.717) is 22.6 Å². The third-order valence-corrected chi connectivity index (χ3v) is 4.08. The van der Waals surface area contributed by atoms with E-state index < -0.39 is 5.97 Å². The molecule has 1 aliphatic heterocycles. The van der Waals surface area contributed by atoms with E-state index in [2.05, 4.69) is 0 Å². The standard InChI is InChI=1S/C19H18O5/c1-11-6-13(3)15(7-12(11)2)16(20)9-22-19(21)14-4-5-17-18(8-14)24-10-23-17/h4-8H,9-10H2,1-3H3. The molecule has 0 saturated carbocycles. The van der Waals surface area contributed by atoms with Crippen molar-refractivity contribution in [3.63, 3.8) is 0 Å². The molecule has 0 spiro atoms. The van der Waals surface area contributed by atoms with Gasteiger partial charge in [0.15, 0.2) is 18.1 Å². The van der Waals surface area contributed by atoms with Gasteiger partial charge in [0.2, 0.25) is 12.6 Å². The maximum absolute atomic E-state index is 12.3. The Kier molecular flexibility index (Phi) is 4.25. The van der Waals surface area contributed by atoms with E-state index in [9.17, 15) is 9.59 Å². The van der Waals surface area contributed by atoms with E-state index in [1.165, 1.54) is 0 Å². The van der Waals surface area contributed by atoms with E-state index in [-0.39, 0.29) is 19.2 Å². The van der Waals surface area contributed by atoms with Gasteiger partial charge in [0, 0.05) is 5.56 Å². The van der Waals surface area contributed by atoms with Crippen molar-refractivity contribution in [2.45, 2.75) is 20.8 Å². The molecule has 5 nitrogen and oxygen atoms in total. The molecule has 0 radical (unpaired) electrons. The van der Waals surface area contributed by atoms with Crippen LogP contribution in [0.15, 0.2) is 30.3 Å². The number of ketones is 1. The first-order chi connectivity index (χ1) is 11.5. The molecule has 0 saturated heterocycles. The van der Waals surface area contributed by atoms with Gasteiger partial charge in [-0.05, 0) is 61.7 Å². The first kappa shape index (κ1) is 16.1. The number of carbonyl (C=O) groups is 2. The van der Waals surface area contributed by atoms with Gasteiger partial charge in [-0.15, -0.1) is 0 Å². The summed E-state index contributed by atoms with van der Waals surface area (Å²) in [4.78, 5) is 24.4. The summed E-state index contributed by atoms with van der Waals surface area (Å²) in [6.45, 7) is 5.66. The molecule has 0 N–H and O–H groups in total. The van der Waals surface area contributed by atoms with Crippen molar-refractivity contribution in [3.8, 4) is 11.5 Å². The third-order valence-electron chi connectivity index (χ3n) is 4.08. The third kappa shape index (κ3) is 3.11. The first-order valence-corrected chi connectivity index (χ1v) is 7.63. The first-order valence-electron chi connectivity index (χ1n) is 7.63. The van der Waals surface area contributed by atoms with Crippen LogP contribution in [0.4, 0.5) is 0 Å². The molecule has 2 aromatic rings. The molecule has 0 aromatic heterocycles. The molecule has 0 atom stereocenters. The van der Waals surface area contributed by atoms with E-state index in [1.54, 1.807) is 18.2 Å². The molecular formula is C19H18O5. The molecule has 3 rings (SSSR count). The van der Waals surface area contributed by atoms with Crippen LogP contribution in [0.25, 0.3) is 0 Å². The molecular weight excluding hydrogens is 308 g/mol. The summed E-state index contributed by atoms with van der Waals surface area (Å²) in [6, 6.07) is 8.58. The Hall–Kier alpha value is -2.82. The number of esters is 1. The van der Waals surface area contributed by atoms with E-state index in [1.807, 2.05) is 32.9 Å². The maximum Gasteiger partial charge on any atom is 0.338 e. The topological polar surface area (TPSA) is 61.8 Å². The van der Waals surface area contributed by atoms with Crippen molar-refractivity contribution >= 4 is 11.8 Å². The average molecular weight is 326 g/mol. The van der Waals surface area contributed by atoms with Crippen LogP contribution in [0.3, 0.4) is 0 Å². The zero-order valence-electron chi connectivity index (χ0n) is 13.8. The van der Waals surface area contributed by atoms with Gasteiger partial charge in [-0.2, -0.15) is 0 Å². The van der Waals surface area contributed by atoms with Gasteiger partial charge in [-0.25, -0.2) is 4.79 Å². The van der Waals surface area contributed by atoms with E-state index in [4.69, 9.17) is 14.2 Å². The maximum atomic E-state index is 12.3. The Morgan fingerprint density at radius 3 is 2.46 bits per heavy atom. The number of rotatable bonds is 4. The summed E-state index contributed by atoms with van der Waals surface area (Å²) in [5.74, 6) is 0.307. The second-order valence-electron chi connectivity index (χ2n) is 5.82. The molecule has 0 fully saturated rings. The highest BCUT2D eigenvalue weighted by Crippen LogP contribution is 2.32. The monoisotopic (exact) mass is 326 g/mol. The van der Waals surface area contributed by atoms with Gasteiger partial charge in [0.1, 0.15) is 0 Å². The second-order valence-corrected chi connectivity index (χ2v) is 5.82. The number of aryl methyl sites for hydroxylation is 3. The molecule has 0 bridgehead atoms. The Morgan fingerprint density at radius 1 is 0.958 bits per heavy atom. The van der Waals surface area contributed by atoms with Crippen LogP contribution in [0.5, 0.6) is 11.5 Å². The highest BCUT2D eigenvalue weighted by molar-refractivity contribution is 6.00. The summed E-state index contributed by atoms with van der Waals surface area (Å²) < 4.78 is 15.6. The molecule has 0 unspecified atom stereocenters. The quantitative estimate of drug-likeness (QED) is 0.637. The Labute approximate surface area is 140 Å². The van der Waals surface area contributed by atoms with Gasteiger partial charge in [-0.3, -0.25) is 4.79 Å². The summed E-state index contributed by atoms with van der Waals surface area (Å²) >= 11 is 0. The molecule has 1 heterocycles. The molecule has 1 aliphatic rings. The Bertz CT molecular complexity index is 823. The number of carbonyl (C=O) groups excluding carboxylic acids is 2. The average Bonchev–Trinajstić information content (AvgIpc) is 3.03. The fourth-order valence-corrected chi connectivity index (χ4v) is 2.58. The van der Waals surface area contributed by atoms with E-state index >= 15 is 0 Å². The molecule has 0 aliphatic carbocycles. The number of Topliss-reactive ketones (excluding diaryl/α,β-unsaturated/α-hetero) is 1. The molecule has 2 aromatic carbocycles. The zero-order chi connectivity index (χ0) is 17.3. The van der Waals surface area contributed by atoms with Crippen LogP contribution < -0.4 is 9.47 Å². The predicted octanol–water partition coefficient (Wildman–Crippen LogP) is 3.38. The van der Waals surface area contributed by atoms with Gasteiger partial charge in [0.05, 0.1) is 5.56 Å². The predicted molar refractivity (Wildman–Crippen MR) is 87.8 cm³/mol. The second kappa shape index (κ2) is 6.35. The van der Waals surface area contributed by atoms with Crippen molar-refractivity contribution in [2.24, 2.45) is 0 Å². The van der Waals surface area contributed by atoms with Gasteiger partial charge >= 0.3 is 5.97 Å². The van der Waals surface area contributed by atoms with Crippen LogP contribution in [0, 0.1) is 20.8 Å². The van der Waals surface area contributed by atoms with Crippen molar-refractivity contribution in [1.82, 2.24) is 0 Å². The SMILES string of the molecule is Cc1cc(C)c(C(=O)COC(=O)c2ccc3c(c2)OCO3)cc1C. The lowest BCUT2D eigenvalue weighted by Crippen LogP contribution is -2.15. The van der Waals surface area contributed by atoms with E-state index in [0.717, 1.165) is 16.7 Å². The number of ether oxygens (including phenoxy) is 3. The Balaban J connectivity index is 1.68. The van der Waals surface area contributed by atoms with Crippen molar-refractivity contribution < 1.29 is 23.8 Å². The van der Waals surface area contributed by atoms with Crippen molar-refractivity contribution in [3.05, 3.63) is 58.1 Å². The number of hydrogen-bond acceptors (Lipinski definition) is 5. The Morgan fingerprint density at radius 2 is 1.67 bits per heavy atom. The molecule has 24 heavy (non-hydrogen) atoms. The van der Waals surface area contributed by atoms with Crippen LogP contribution in [0.1, 0.15) is 37.4 Å². The summed E-state index contributed by atoms with van der Waals surface area (Å²) in [5, 5.41) is 0.